The van der Waals surface area contributed by atoms with E-state index in [0.717, 1.165) is 0 Å². The van der Waals surface area contributed by atoms with Crippen molar-refractivity contribution in [2.45, 2.75) is 44.1 Å². The number of hydrogen-bond donors (Lipinski definition) is 1. The summed E-state index contributed by atoms with van der Waals surface area (Å²) in [4.78, 5) is 12.0. The van der Waals surface area contributed by atoms with Gasteiger partial charge in [0.05, 0.1) is 12.2 Å². The highest BCUT2D eigenvalue weighted by Crippen LogP contribution is 2.44. The number of nitrogens with one attached hydrogen (secondary N) is 1. The molecule has 5 heteroatoms. The molecule has 1 aromatic carbocycles. The van der Waals surface area contributed by atoms with Gasteiger partial charge in [-0.2, -0.15) is 5.10 Å². The van der Waals surface area contributed by atoms with Gasteiger partial charge in [0.1, 0.15) is 5.82 Å². The van der Waals surface area contributed by atoms with Crippen molar-refractivity contribution in [1.82, 2.24) is 15.1 Å². The summed E-state index contributed by atoms with van der Waals surface area (Å²) in [7, 11) is 0. The zero-order chi connectivity index (χ0) is 15.8. The Labute approximate surface area is 134 Å². The first-order valence-electron chi connectivity index (χ1n) is 8.32. The molecule has 1 N–H and O–H groups in total. The summed E-state index contributed by atoms with van der Waals surface area (Å²) in [6, 6.07) is 7.86. The van der Waals surface area contributed by atoms with E-state index in [1.54, 1.807) is 0 Å². The van der Waals surface area contributed by atoms with E-state index >= 15 is 0 Å². The van der Waals surface area contributed by atoms with Crippen molar-refractivity contribution in [3.8, 4) is 0 Å². The minimum Gasteiger partial charge on any atom is -0.350 e. The van der Waals surface area contributed by atoms with Crippen LogP contribution < -0.4 is 5.32 Å². The van der Waals surface area contributed by atoms with Gasteiger partial charge in [-0.15, -0.1) is 0 Å². The number of aromatic nitrogens is 2. The molecule has 2 aliphatic carbocycles. The highest BCUT2D eigenvalue weighted by atomic mass is 19.1. The quantitative estimate of drug-likeness (QED) is 0.890. The van der Waals surface area contributed by atoms with Gasteiger partial charge in [-0.1, -0.05) is 0 Å². The van der Waals surface area contributed by atoms with Crippen molar-refractivity contribution < 1.29 is 9.18 Å². The third kappa shape index (κ3) is 3.28. The number of amides is 1. The molecule has 0 unspecified atom stereocenters. The molecule has 0 atom stereocenters. The number of rotatable bonds is 6. The van der Waals surface area contributed by atoms with Crippen molar-refractivity contribution >= 4 is 5.91 Å². The van der Waals surface area contributed by atoms with Crippen LogP contribution in [0.15, 0.2) is 30.3 Å². The monoisotopic (exact) mass is 313 g/mol. The standard InChI is InChI=1S/C18H20FN3O/c19-15-7-5-14(6-8-15)18(23)20-9-10-22-17(13-3-4-13)11-16(21-22)12-1-2-12/h5-8,11-13H,1-4,9-10H2,(H,20,23). The second-order valence-corrected chi connectivity index (χ2v) is 6.53. The average molecular weight is 313 g/mol. The largest absolute Gasteiger partial charge is 0.350 e. The molecular formula is C18H20FN3O. The number of halogens is 1. The molecule has 0 bridgehead atoms. The maximum atomic E-state index is 12.9. The minimum absolute atomic E-state index is 0.174. The molecule has 2 aliphatic rings. The highest BCUT2D eigenvalue weighted by Gasteiger charge is 2.32. The van der Waals surface area contributed by atoms with Gasteiger partial charge in [0.2, 0.25) is 0 Å². The van der Waals surface area contributed by atoms with Crippen LogP contribution in [0.3, 0.4) is 0 Å². The highest BCUT2D eigenvalue weighted by molar-refractivity contribution is 5.94. The van der Waals surface area contributed by atoms with E-state index < -0.39 is 0 Å². The molecule has 2 fully saturated rings. The Morgan fingerprint density at radius 3 is 2.52 bits per heavy atom. The van der Waals surface area contributed by atoms with Crippen molar-refractivity contribution in [3.63, 3.8) is 0 Å². The Morgan fingerprint density at radius 1 is 1.17 bits per heavy atom. The zero-order valence-electron chi connectivity index (χ0n) is 13.0. The Hall–Kier alpha value is -2.17. The summed E-state index contributed by atoms with van der Waals surface area (Å²) in [5.74, 6) is 0.803. The summed E-state index contributed by atoms with van der Waals surface area (Å²) in [5.41, 5.74) is 3.02. The van der Waals surface area contributed by atoms with E-state index in [-0.39, 0.29) is 11.7 Å². The van der Waals surface area contributed by atoms with Crippen LogP contribution in [0.4, 0.5) is 4.39 Å². The molecule has 1 amide bonds. The maximum absolute atomic E-state index is 12.9. The SMILES string of the molecule is O=C(NCCn1nc(C2CC2)cc1C1CC1)c1ccc(F)cc1. The predicted molar refractivity (Wildman–Crippen MR) is 84.9 cm³/mol. The molecule has 2 aromatic rings. The lowest BCUT2D eigenvalue weighted by Gasteiger charge is -2.08. The summed E-state index contributed by atoms with van der Waals surface area (Å²) in [6.07, 6.45) is 5.00. The molecule has 120 valence electrons. The fourth-order valence-corrected chi connectivity index (χ4v) is 2.90. The molecule has 23 heavy (non-hydrogen) atoms. The van der Waals surface area contributed by atoms with Gasteiger partial charge in [-0.25, -0.2) is 4.39 Å². The van der Waals surface area contributed by atoms with Gasteiger partial charge in [-0.3, -0.25) is 9.48 Å². The van der Waals surface area contributed by atoms with E-state index in [4.69, 9.17) is 5.10 Å². The van der Waals surface area contributed by atoms with Gasteiger partial charge in [0, 0.05) is 29.6 Å². The van der Waals surface area contributed by atoms with Crippen LogP contribution >= 0.6 is 0 Å². The molecule has 0 aliphatic heterocycles. The van der Waals surface area contributed by atoms with Crippen molar-refractivity contribution in [1.29, 1.82) is 0 Å². The molecule has 0 spiro atoms. The van der Waals surface area contributed by atoms with E-state index in [0.29, 0.717) is 30.5 Å². The van der Waals surface area contributed by atoms with Crippen LogP contribution in [0.1, 0.15) is 59.3 Å². The second kappa shape index (κ2) is 5.80. The molecular weight excluding hydrogens is 293 g/mol. The van der Waals surface area contributed by atoms with Crippen LogP contribution in [0.25, 0.3) is 0 Å². The Morgan fingerprint density at radius 2 is 1.87 bits per heavy atom. The van der Waals surface area contributed by atoms with Gasteiger partial charge >= 0.3 is 0 Å². The molecule has 1 heterocycles. The Kier molecular flexibility index (Phi) is 3.63. The van der Waals surface area contributed by atoms with Gasteiger partial charge in [0.15, 0.2) is 0 Å². The zero-order valence-corrected chi connectivity index (χ0v) is 13.0. The number of carbonyl (C=O) groups excluding carboxylic acids is 1. The maximum Gasteiger partial charge on any atom is 0.251 e. The summed E-state index contributed by atoms with van der Waals surface area (Å²) < 4.78 is 14.9. The minimum atomic E-state index is -0.334. The number of benzene rings is 1. The fourth-order valence-electron chi connectivity index (χ4n) is 2.90. The predicted octanol–water partition coefficient (Wildman–Crippen LogP) is 3.21. The summed E-state index contributed by atoms with van der Waals surface area (Å²) in [6.45, 7) is 1.22. The number of nitrogens with zero attached hydrogens (tertiary/aromatic N) is 2. The average Bonchev–Trinajstić information content (AvgIpc) is 3.47. The summed E-state index contributed by atoms with van der Waals surface area (Å²) >= 11 is 0. The van der Waals surface area contributed by atoms with Crippen LogP contribution in [-0.4, -0.2) is 22.2 Å². The lowest BCUT2D eigenvalue weighted by atomic mass is 10.2. The van der Waals surface area contributed by atoms with Gasteiger partial charge in [-0.05, 0) is 56.0 Å². The first kappa shape index (κ1) is 14.4. The number of carbonyl (C=O) groups is 1. The van der Waals surface area contributed by atoms with Crippen molar-refractivity contribution in [2.24, 2.45) is 0 Å². The van der Waals surface area contributed by atoms with Crippen LogP contribution in [0.2, 0.25) is 0 Å². The molecule has 4 rings (SSSR count). The van der Waals surface area contributed by atoms with E-state index in [1.165, 1.54) is 61.3 Å². The molecule has 0 radical (unpaired) electrons. The third-order valence-corrected chi connectivity index (χ3v) is 4.54. The molecule has 1 aromatic heterocycles. The lowest BCUT2D eigenvalue weighted by Crippen LogP contribution is -2.28. The molecule has 4 nitrogen and oxygen atoms in total. The van der Waals surface area contributed by atoms with Gasteiger partial charge in [0.25, 0.3) is 5.91 Å². The van der Waals surface area contributed by atoms with Crippen LogP contribution in [0.5, 0.6) is 0 Å². The van der Waals surface area contributed by atoms with Gasteiger partial charge < -0.3 is 5.32 Å². The van der Waals surface area contributed by atoms with Crippen molar-refractivity contribution in [3.05, 3.63) is 53.1 Å². The second-order valence-electron chi connectivity index (χ2n) is 6.53. The first-order chi connectivity index (χ1) is 11.2. The number of hydrogen-bond acceptors (Lipinski definition) is 2. The Bertz CT molecular complexity index is 714. The lowest BCUT2D eigenvalue weighted by molar-refractivity contribution is 0.0952. The van der Waals surface area contributed by atoms with E-state index in [9.17, 15) is 9.18 Å². The van der Waals surface area contributed by atoms with Crippen molar-refractivity contribution in [2.75, 3.05) is 6.54 Å². The van der Waals surface area contributed by atoms with E-state index in [2.05, 4.69) is 16.1 Å². The third-order valence-electron chi connectivity index (χ3n) is 4.54. The summed E-state index contributed by atoms with van der Waals surface area (Å²) in [5, 5.41) is 7.62. The first-order valence-corrected chi connectivity index (χ1v) is 8.32. The van der Waals surface area contributed by atoms with E-state index in [1.807, 2.05) is 0 Å². The normalized spacial score (nSPS) is 17.3. The fraction of sp³-hybridized carbons (Fsp3) is 0.444. The Balaban J connectivity index is 1.37. The smallest absolute Gasteiger partial charge is 0.251 e. The van der Waals surface area contributed by atoms with Crippen LogP contribution in [0, 0.1) is 5.82 Å². The molecule has 2 saturated carbocycles. The topological polar surface area (TPSA) is 46.9 Å². The van der Waals surface area contributed by atoms with Crippen LogP contribution in [-0.2, 0) is 6.54 Å². The molecule has 0 saturated heterocycles.